The van der Waals surface area contributed by atoms with Gasteiger partial charge in [-0.3, -0.25) is 4.79 Å². The van der Waals surface area contributed by atoms with Gasteiger partial charge < -0.3 is 10.2 Å². The van der Waals surface area contributed by atoms with Crippen LogP contribution in [0.25, 0.3) is 0 Å². The number of nitrogens with one attached hydrogen (secondary N) is 1. The highest BCUT2D eigenvalue weighted by Gasteiger charge is 2.21. The number of rotatable bonds is 17. The van der Waals surface area contributed by atoms with Gasteiger partial charge in [0.25, 0.3) is 5.91 Å². The molecule has 1 fully saturated rings. The smallest absolute Gasteiger partial charge is 0.256 e. The third-order valence-electron chi connectivity index (χ3n) is 6.70. The molecule has 0 atom stereocenters. The van der Waals surface area contributed by atoms with Crippen molar-refractivity contribution in [2.24, 2.45) is 0 Å². The van der Waals surface area contributed by atoms with Crippen LogP contribution in [0.15, 0.2) is 18.2 Å². The highest BCUT2D eigenvalue weighted by molar-refractivity contribution is 5.95. The number of halogens is 1. The summed E-state index contributed by atoms with van der Waals surface area (Å²) >= 11 is 0. The van der Waals surface area contributed by atoms with Gasteiger partial charge in [0.1, 0.15) is 5.82 Å². The first-order chi connectivity index (χ1) is 15.7. The first-order valence-corrected chi connectivity index (χ1v) is 13.5. The molecule has 0 aliphatic carbocycles. The standard InChI is InChI=1S/C28H47FN2O/c1-2-3-4-5-6-7-8-9-10-11-12-13-14-16-21-30-25-19-20-26(27(29)24-25)28(32)31-22-17-15-18-23-31/h19-20,24,30H,2-18,21-23H2,1H3. The molecular formula is C28H47FN2O. The Morgan fingerprint density at radius 1 is 0.812 bits per heavy atom. The number of nitrogens with zero attached hydrogens (tertiary/aromatic N) is 1. The molecule has 32 heavy (non-hydrogen) atoms. The minimum Gasteiger partial charge on any atom is -0.385 e. The van der Waals surface area contributed by atoms with Crippen molar-refractivity contribution in [1.82, 2.24) is 4.90 Å². The number of piperidine rings is 1. The van der Waals surface area contributed by atoms with E-state index < -0.39 is 5.82 Å². The number of likely N-dealkylation sites (tertiary alicyclic amines) is 1. The van der Waals surface area contributed by atoms with Crippen molar-refractivity contribution in [1.29, 1.82) is 0 Å². The van der Waals surface area contributed by atoms with Gasteiger partial charge in [0.05, 0.1) is 5.56 Å². The fourth-order valence-electron chi connectivity index (χ4n) is 4.62. The minimum absolute atomic E-state index is 0.166. The van der Waals surface area contributed by atoms with E-state index in [4.69, 9.17) is 0 Å². The molecule has 0 radical (unpaired) electrons. The second kappa shape index (κ2) is 17.0. The molecule has 182 valence electrons. The van der Waals surface area contributed by atoms with E-state index in [9.17, 15) is 9.18 Å². The Balaban J connectivity index is 1.46. The van der Waals surface area contributed by atoms with Crippen LogP contribution in [0.3, 0.4) is 0 Å². The van der Waals surface area contributed by atoms with Crippen molar-refractivity contribution in [3.63, 3.8) is 0 Å². The second-order valence-electron chi connectivity index (χ2n) is 9.57. The van der Waals surface area contributed by atoms with E-state index in [0.29, 0.717) is 0 Å². The molecule has 2 rings (SSSR count). The number of anilines is 1. The molecule has 1 aromatic rings. The fourth-order valence-corrected chi connectivity index (χ4v) is 4.62. The van der Waals surface area contributed by atoms with E-state index in [1.165, 1.54) is 89.5 Å². The highest BCUT2D eigenvalue weighted by atomic mass is 19.1. The monoisotopic (exact) mass is 446 g/mol. The van der Waals surface area contributed by atoms with E-state index in [1.807, 2.05) is 6.07 Å². The molecule has 3 nitrogen and oxygen atoms in total. The number of amides is 1. The molecule has 4 heteroatoms. The summed E-state index contributed by atoms with van der Waals surface area (Å²) in [4.78, 5) is 14.3. The van der Waals surface area contributed by atoms with Crippen LogP contribution in [0, 0.1) is 5.82 Å². The number of unbranched alkanes of at least 4 members (excludes halogenated alkanes) is 13. The molecular weight excluding hydrogens is 399 g/mol. The Labute approximate surface area is 196 Å². The first kappa shape index (κ1) is 26.7. The highest BCUT2D eigenvalue weighted by Crippen LogP contribution is 2.19. The van der Waals surface area contributed by atoms with Crippen molar-refractivity contribution < 1.29 is 9.18 Å². The predicted octanol–water partition coefficient (Wildman–Crippen LogP) is 8.35. The average molecular weight is 447 g/mol. The summed E-state index contributed by atoms with van der Waals surface area (Å²) in [5.41, 5.74) is 0.973. The summed E-state index contributed by atoms with van der Waals surface area (Å²) in [6.07, 6.45) is 22.1. The lowest BCUT2D eigenvalue weighted by atomic mass is 10.0. The van der Waals surface area contributed by atoms with E-state index in [2.05, 4.69) is 12.2 Å². The lowest BCUT2D eigenvalue weighted by molar-refractivity contribution is 0.0719. The molecule has 0 aromatic heterocycles. The minimum atomic E-state index is -0.411. The molecule has 1 aromatic carbocycles. The van der Waals surface area contributed by atoms with Gasteiger partial charge in [-0.05, 0) is 43.9 Å². The Morgan fingerprint density at radius 2 is 1.34 bits per heavy atom. The van der Waals surface area contributed by atoms with Gasteiger partial charge in [-0.25, -0.2) is 4.39 Å². The molecule has 0 unspecified atom stereocenters. The van der Waals surface area contributed by atoms with Crippen LogP contribution < -0.4 is 5.32 Å². The molecule has 1 heterocycles. The molecule has 1 saturated heterocycles. The average Bonchev–Trinajstić information content (AvgIpc) is 2.82. The third-order valence-corrected chi connectivity index (χ3v) is 6.70. The van der Waals surface area contributed by atoms with Crippen molar-refractivity contribution in [3.05, 3.63) is 29.6 Å². The zero-order valence-corrected chi connectivity index (χ0v) is 20.6. The number of hydrogen-bond acceptors (Lipinski definition) is 2. The van der Waals surface area contributed by atoms with E-state index in [-0.39, 0.29) is 11.5 Å². The summed E-state index contributed by atoms with van der Waals surface area (Å²) in [5, 5.41) is 3.31. The molecule has 0 saturated carbocycles. The Hall–Kier alpha value is -1.58. The number of hydrogen-bond donors (Lipinski definition) is 1. The lowest BCUT2D eigenvalue weighted by Gasteiger charge is -2.26. The van der Waals surface area contributed by atoms with Crippen molar-refractivity contribution in [2.45, 2.75) is 116 Å². The number of carbonyl (C=O) groups excluding carboxylic acids is 1. The van der Waals surface area contributed by atoms with Gasteiger partial charge in [-0.15, -0.1) is 0 Å². The lowest BCUT2D eigenvalue weighted by Crippen LogP contribution is -2.36. The van der Waals surface area contributed by atoms with E-state index >= 15 is 0 Å². The Bertz CT molecular complexity index is 628. The van der Waals surface area contributed by atoms with Gasteiger partial charge in [-0.1, -0.05) is 90.4 Å². The van der Waals surface area contributed by atoms with Gasteiger partial charge in [-0.2, -0.15) is 0 Å². The van der Waals surface area contributed by atoms with Crippen molar-refractivity contribution in [3.8, 4) is 0 Å². The zero-order chi connectivity index (χ0) is 22.9. The SMILES string of the molecule is CCCCCCCCCCCCCCCCNc1ccc(C(=O)N2CCCCC2)c(F)c1. The maximum atomic E-state index is 14.5. The summed E-state index contributed by atoms with van der Waals surface area (Å²) in [5.74, 6) is -0.577. The quantitative estimate of drug-likeness (QED) is 0.244. The van der Waals surface area contributed by atoms with Crippen LogP contribution in [0.2, 0.25) is 0 Å². The second-order valence-corrected chi connectivity index (χ2v) is 9.57. The Morgan fingerprint density at radius 3 is 1.88 bits per heavy atom. The van der Waals surface area contributed by atoms with Crippen LogP contribution in [-0.2, 0) is 0 Å². The maximum Gasteiger partial charge on any atom is 0.256 e. The number of benzene rings is 1. The van der Waals surface area contributed by atoms with Crippen molar-refractivity contribution >= 4 is 11.6 Å². The number of carbonyl (C=O) groups is 1. The van der Waals surface area contributed by atoms with Gasteiger partial charge in [0.15, 0.2) is 0 Å². The molecule has 1 amide bonds. The maximum absolute atomic E-state index is 14.5. The largest absolute Gasteiger partial charge is 0.385 e. The van der Waals surface area contributed by atoms with Crippen LogP contribution in [0.1, 0.15) is 126 Å². The van der Waals surface area contributed by atoms with Gasteiger partial charge >= 0.3 is 0 Å². The molecule has 1 aliphatic heterocycles. The Kier molecular flexibility index (Phi) is 14.1. The normalized spacial score (nSPS) is 14.0. The fraction of sp³-hybridized carbons (Fsp3) is 0.750. The van der Waals surface area contributed by atoms with Gasteiger partial charge in [0, 0.05) is 25.3 Å². The van der Waals surface area contributed by atoms with Gasteiger partial charge in [0.2, 0.25) is 0 Å². The van der Waals surface area contributed by atoms with Crippen molar-refractivity contribution in [2.75, 3.05) is 25.0 Å². The van der Waals surface area contributed by atoms with E-state index in [1.54, 1.807) is 11.0 Å². The summed E-state index contributed by atoms with van der Waals surface area (Å²) in [6, 6.07) is 4.95. The molecule has 1 aliphatic rings. The topological polar surface area (TPSA) is 32.3 Å². The third kappa shape index (κ3) is 10.8. The van der Waals surface area contributed by atoms with E-state index in [0.717, 1.165) is 51.0 Å². The summed E-state index contributed by atoms with van der Waals surface area (Å²) < 4.78 is 14.5. The molecule has 0 spiro atoms. The van der Waals surface area contributed by atoms with Crippen LogP contribution in [0.4, 0.5) is 10.1 Å². The van der Waals surface area contributed by atoms with Crippen LogP contribution >= 0.6 is 0 Å². The first-order valence-electron chi connectivity index (χ1n) is 13.5. The molecule has 1 N–H and O–H groups in total. The molecule has 0 bridgehead atoms. The summed E-state index contributed by atoms with van der Waals surface area (Å²) in [7, 11) is 0. The summed E-state index contributed by atoms with van der Waals surface area (Å²) in [6.45, 7) is 4.63. The van der Waals surface area contributed by atoms with Crippen LogP contribution in [-0.4, -0.2) is 30.4 Å². The zero-order valence-electron chi connectivity index (χ0n) is 20.6. The van der Waals surface area contributed by atoms with Crippen LogP contribution in [0.5, 0.6) is 0 Å². The predicted molar refractivity (Wildman–Crippen MR) is 135 cm³/mol.